The average molecular weight is 433 g/mol. The number of carbonyl (C=O) groups is 1. The molecule has 0 saturated carbocycles. The number of carbonyl (C=O) groups excluding carboxylic acids is 1. The zero-order valence-electron chi connectivity index (χ0n) is 17.3. The highest BCUT2D eigenvalue weighted by atomic mass is 32.2. The number of sulfonamides is 1. The Balaban J connectivity index is 1.52. The molecule has 1 aliphatic rings. The summed E-state index contributed by atoms with van der Waals surface area (Å²) in [5, 5.41) is 2.90. The van der Waals surface area contributed by atoms with Gasteiger partial charge in [0.1, 0.15) is 12.4 Å². The maximum Gasteiger partial charge on any atom is 0.251 e. The van der Waals surface area contributed by atoms with E-state index in [1.807, 2.05) is 38.1 Å². The van der Waals surface area contributed by atoms with Gasteiger partial charge in [-0.15, -0.1) is 0 Å². The summed E-state index contributed by atoms with van der Waals surface area (Å²) in [6.07, 6.45) is 0. The number of benzene rings is 2. The smallest absolute Gasteiger partial charge is 0.251 e. The number of para-hydroxylation sites is 1. The molecule has 162 valence electrons. The topological polar surface area (TPSA) is 84.9 Å². The van der Waals surface area contributed by atoms with Crippen LogP contribution in [0.1, 0.15) is 28.4 Å². The van der Waals surface area contributed by atoms with Gasteiger partial charge in [-0.1, -0.05) is 30.3 Å². The molecule has 2 aromatic carbocycles. The molecular formula is C22H28N2O5S. The molecule has 0 spiro atoms. The zero-order valence-corrected chi connectivity index (χ0v) is 18.2. The molecule has 1 fully saturated rings. The van der Waals surface area contributed by atoms with E-state index in [4.69, 9.17) is 9.47 Å². The van der Waals surface area contributed by atoms with Crippen molar-refractivity contribution in [1.29, 1.82) is 0 Å². The monoisotopic (exact) mass is 432 g/mol. The van der Waals surface area contributed by atoms with Crippen LogP contribution in [0.15, 0.2) is 48.5 Å². The molecule has 1 aliphatic heterocycles. The number of ether oxygens (including phenoxy) is 2. The van der Waals surface area contributed by atoms with E-state index < -0.39 is 10.0 Å². The molecule has 8 heteroatoms. The van der Waals surface area contributed by atoms with Gasteiger partial charge in [0, 0.05) is 18.7 Å². The van der Waals surface area contributed by atoms with Crippen molar-refractivity contribution < 1.29 is 22.7 Å². The zero-order chi connectivity index (χ0) is 21.6. The summed E-state index contributed by atoms with van der Waals surface area (Å²) >= 11 is 0. The van der Waals surface area contributed by atoms with Crippen LogP contribution in [-0.4, -0.2) is 57.6 Å². The van der Waals surface area contributed by atoms with Crippen molar-refractivity contribution in [2.75, 3.05) is 32.9 Å². The number of hydrogen-bond acceptors (Lipinski definition) is 5. The second-order valence-corrected chi connectivity index (χ2v) is 9.38. The molecule has 2 aromatic rings. The Bertz CT molecular complexity index is 954. The number of hydrogen-bond donors (Lipinski definition) is 1. The van der Waals surface area contributed by atoms with Gasteiger partial charge in [0.05, 0.1) is 25.0 Å². The van der Waals surface area contributed by atoms with E-state index in [9.17, 15) is 13.2 Å². The first-order chi connectivity index (χ1) is 14.3. The largest absolute Gasteiger partial charge is 0.491 e. The Morgan fingerprint density at radius 3 is 2.47 bits per heavy atom. The lowest BCUT2D eigenvalue weighted by Crippen LogP contribution is -2.41. The van der Waals surface area contributed by atoms with Crippen molar-refractivity contribution in [2.24, 2.45) is 0 Å². The van der Waals surface area contributed by atoms with Crippen LogP contribution in [0.3, 0.4) is 0 Å². The molecule has 1 heterocycles. The van der Waals surface area contributed by atoms with Gasteiger partial charge in [-0.25, -0.2) is 8.42 Å². The average Bonchev–Trinajstić information content (AvgIpc) is 2.74. The second-order valence-electron chi connectivity index (χ2n) is 7.42. The van der Waals surface area contributed by atoms with Crippen LogP contribution in [0, 0.1) is 6.92 Å². The third-order valence-corrected chi connectivity index (χ3v) is 6.74. The molecule has 7 nitrogen and oxygen atoms in total. The molecule has 1 amide bonds. The van der Waals surface area contributed by atoms with E-state index in [0.717, 1.165) is 11.3 Å². The highest BCUT2D eigenvalue weighted by Crippen LogP contribution is 2.17. The van der Waals surface area contributed by atoms with E-state index in [0.29, 0.717) is 44.0 Å². The normalized spacial score (nSPS) is 16.1. The van der Waals surface area contributed by atoms with Crippen molar-refractivity contribution in [1.82, 2.24) is 9.62 Å². The van der Waals surface area contributed by atoms with E-state index in [1.54, 1.807) is 24.3 Å². The first-order valence-corrected chi connectivity index (χ1v) is 11.6. The number of rotatable bonds is 8. The van der Waals surface area contributed by atoms with E-state index in [-0.39, 0.29) is 17.7 Å². The van der Waals surface area contributed by atoms with Gasteiger partial charge in [0.15, 0.2) is 0 Å². The first-order valence-electron chi connectivity index (χ1n) is 9.99. The number of morpholine rings is 1. The van der Waals surface area contributed by atoms with Crippen LogP contribution in [0.5, 0.6) is 5.75 Å². The van der Waals surface area contributed by atoms with Crippen molar-refractivity contribution in [3.63, 3.8) is 0 Å². The van der Waals surface area contributed by atoms with Crippen LogP contribution in [0.4, 0.5) is 0 Å². The Morgan fingerprint density at radius 2 is 1.80 bits per heavy atom. The Labute approximate surface area is 178 Å². The summed E-state index contributed by atoms with van der Waals surface area (Å²) in [4.78, 5) is 12.5. The predicted octanol–water partition coefficient (Wildman–Crippen LogP) is 2.35. The molecule has 1 atom stereocenters. The van der Waals surface area contributed by atoms with E-state index in [1.165, 1.54) is 4.31 Å². The fourth-order valence-electron chi connectivity index (χ4n) is 3.16. The van der Waals surface area contributed by atoms with Gasteiger partial charge in [-0.2, -0.15) is 4.31 Å². The minimum atomic E-state index is -3.39. The fourth-order valence-corrected chi connectivity index (χ4v) is 4.66. The fraction of sp³-hybridized carbons (Fsp3) is 0.409. The van der Waals surface area contributed by atoms with Gasteiger partial charge in [-0.3, -0.25) is 4.79 Å². The molecule has 1 N–H and O–H groups in total. The Kier molecular flexibility index (Phi) is 7.47. The maximum absolute atomic E-state index is 12.5. The van der Waals surface area contributed by atoms with Crippen molar-refractivity contribution in [3.05, 3.63) is 65.2 Å². The molecule has 0 aromatic heterocycles. The van der Waals surface area contributed by atoms with Crippen LogP contribution < -0.4 is 10.1 Å². The minimum Gasteiger partial charge on any atom is -0.491 e. The molecule has 1 saturated heterocycles. The maximum atomic E-state index is 12.5. The third kappa shape index (κ3) is 6.04. The molecule has 1 unspecified atom stereocenters. The predicted molar refractivity (Wildman–Crippen MR) is 115 cm³/mol. The number of amides is 1. The summed E-state index contributed by atoms with van der Waals surface area (Å²) in [7, 11) is -3.39. The first kappa shape index (κ1) is 22.3. The van der Waals surface area contributed by atoms with Crippen LogP contribution in [0.25, 0.3) is 0 Å². The number of nitrogens with zero attached hydrogens (tertiary/aromatic N) is 1. The number of nitrogens with one attached hydrogen (secondary N) is 1. The summed E-state index contributed by atoms with van der Waals surface area (Å²) in [5.41, 5.74) is 2.16. The highest BCUT2D eigenvalue weighted by molar-refractivity contribution is 7.88. The summed E-state index contributed by atoms with van der Waals surface area (Å²) in [5.74, 6) is 0.484. The van der Waals surface area contributed by atoms with Crippen LogP contribution in [0.2, 0.25) is 0 Å². The van der Waals surface area contributed by atoms with Gasteiger partial charge in [-0.05, 0) is 43.2 Å². The molecule has 0 bridgehead atoms. The van der Waals surface area contributed by atoms with Crippen molar-refractivity contribution in [2.45, 2.75) is 25.6 Å². The Hall–Kier alpha value is -2.42. The Morgan fingerprint density at radius 1 is 1.13 bits per heavy atom. The lowest BCUT2D eigenvalue weighted by Gasteiger charge is -2.26. The summed E-state index contributed by atoms with van der Waals surface area (Å²) in [6, 6.07) is 14.2. The standard InChI is InChI=1S/C22H28N2O5S/c1-17-5-3-4-6-21(17)29-15-18(2)23-22(25)20-9-7-19(8-10-20)16-30(26,27)24-11-13-28-14-12-24/h3-10,18H,11-16H2,1-2H3,(H,23,25). The quantitative estimate of drug-likeness (QED) is 0.692. The third-order valence-electron chi connectivity index (χ3n) is 4.89. The second kappa shape index (κ2) is 10.1. The summed E-state index contributed by atoms with van der Waals surface area (Å²) < 4.78 is 37.4. The minimum absolute atomic E-state index is 0.0877. The van der Waals surface area contributed by atoms with Gasteiger partial charge < -0.3 is 14.8 Å². The SMILES string of the molecule is Cc1ccccc1OCC(C)NC(=O)c1ccc(CS(=O)(=O)N2CCOCC2)cc1. The number of aryl methyl sites for hydroxylation is 1. The van der Waals surface area contributed by atoms with Gasteiger partial charge in [0.25, 0.3) is 5.91 Å². The molecule has 3 rings (SSSR count). The lowest BCUT2D eigenvalue weighted by atomic mass is 10.1. The lowest BCUT2D eigenvalue weighted by molar-refractivity contribution is 0.0729. The van der Waals surface area contributed by atoms with Crippen molar-refractivity contribution >= 4 is 15.9 Å². The molecule has 0 radical (unpaired) electrons. The molecule has 30 heavy (non-hydrogen) atoms. The molecular weight excluding hydrogens is 404 g/mol. The molecule has 0 aliphatic carbocycles. The summed E-state index contributed by atoms with van der Waals surface area (Å²) in [6.45, 7) is 5.80. The van der Waals surface area contributed by atoms with Crippen LogP contribution in [-0.2, 0) is 20.5 Å². The van der Waals surface area contributed by atoms with Crippen LogP contribution >= 0.6 is 0 Å². The van der Waals surface area contributed by atoms with Crippen molar-refractivity contribution in [3.8, 4) is 5.75 Å². The van der Waals surface area contributed by atoms with Gasteiger partial charge >= 0.3 is 0 Å². The van der Waals surface area contributed by atoms with Gasteiger partial charge in [0.2, 0.25) is 10.0 Å². The van der Waals surface area contributed by atoms with E-state index >= 15 is 0 Å². The highest BCUT2D eigenvalue weighted by Gasteiger charge is 2.24. The van der Waals surface area contributed by atoms with E-state index in [2.05, 4.69) is 5.32 Å².